The molecule has 0 amide bonds. The number of fused-ring (bicyclic) bond motifs is 1. The number of nitriles is 1. The van der Waals surface area contributed by atoms with Gasteiger partial charge in [-0.1, -0.05) is 0 Å². The van der Waals surface area contributed by atoms with Gasteiger partial charge in [-0.3, -0.25) is 4.98 Å². The quantitative estimate of drug-likeness (QED) is 0.767. The van der Waals surface area contributed by atoms with Crippen LogP contribution in [0.15, 0.2) is 36.5 Å². The van der Waals surface area contributed by atoms with Gasteiger partial charge in [-0.05, 0) is 36.8 Å². The zero-order valence-corrected chi connectivity index (χ0v) is 14.5. The molecule has 1 saturated heterocycles. The Morgan fingerprint density at radius 1 is 1.30 bits per heavy atom. The van der Waals surface area contributed by atoms with E-state index < -0.39 is 18.0 Å². The number of hydrogen-bond acceptors (Lipinski definition) is 5. The first-order valence-corrected chi connectivity index (χ1v) is 8.70. The number of aromatic nitrogens is 3. The normalized spacial score (nSPS) is 20.0. The minimum atomic E-state index is -1.02. The molecule has 6 nitrogen and oxygen atoms in total. The van der Waals surface area contributed by atoms with Gasteiger partial charge >= 0.3 is 0 Å². The highest BCUT2D eigenvalue weighted by atomic mass is 19.1. The number of piperidine rings is 1. The number of halogens is 2. The summed E-state index contributed by atoms with van der Waals surface area (Å²) in [5, 5.41) is 9.15. The fourth-order valence-corrected chi connectivity index (χ4v) is 3.38. The smallest absolute Gasteiger partial charge is 0.206 e. The molecule has 2 aromatic heterocycles. The van der Waals surface area contributed by atoms with E-state index in [0.717, 1.165) is 5.52 Å². The van der Waals surface area contributed by atoms with E-state index in [-0.39, 0.29) is 0 Å². The summed E-state index contributed by atoms with van der Waals surface area (Å²) in [6.45, 7) is 1.23. The predicted octanol–water partition coefficient (Wildman–Crippen LogP) is 2.37. The van der Waals surface area contributed by atoms with E-state index in [0.29, 0.717) is 48.8 Å². The third kappa shape index (κ3) is 3.34. The maximum Gasteiger partial charge on any atom is 0.206 e. The van der Waals surface area contributed by atoms with Gasteiger partial charge in [0.25, 0.3) is 0 Å². The highest BCUT2D eigenvalue weighted by molar-refractivity contribution is 5.80. The lowest BCUT2D eigenvalue weighted by Crippen LogP contribution is -2.50. The van der Waals surface area contributed by atoms with Crippen molar-refractivity contribution in [3.8, 4) is 6.07 Å². The second kappa shape index (κ2) is 6.93. The lowest BCUT2D eigenvalue weighted by Gasteiger charge is -2.34. The molecule has 1 aliphatic heterocycles. The molecule has 8 heteroatoms. The molecule has 2 atom stereocenters. The van der Waals surface area contributed by atoms with Crippen LogP contribution in [0.25, 0.3) is 11.0 Å². The molecule has 0 bridgehead atoms. The Bertz CT molecular complexity index is 1010. The summed E-state index contributed by atoms with van der Waals surface area (Å²) in [6.07, 6.45) is 0.484. The Morgan fingerprint density at radius 3 is 2.85 bits per heavy atom. The van der Waals surface area contributed by atoms with Crippen molar-refractivity contribution in [3.63, 3.8) is 0 Å². The summed E-state index contributed by atoms with van der Waals surface area (Å²) in [7, 11) is 0. The standard InChI is InChI=1S/C19H18F2N6/c20-13-2-3-14(24-9-13)10-27-18-4-1-12(8-22)7-17(18)25-19(27)26-6-5-15(21)16(23)11-26/h1-4,7,9,15-16H,5-6,10-11,23H2/t15-,16-/m1/s1. The SMILES string of the molecule is N#Cc1ccc2c(c1)nc(N1CC[C@@H](F)[C@H](N)C1)n2Cc1ccc(F)cn1. The van der Waals surface area contributed by atoms with Crippen LogP contribution in [-0.2, 0) is 6.54 Å². The van der Waals surface area contributed by atoms with Gasteiger partial charge in [0, 0.05) is 13.1 Å². The summed E-state index contributed by atoms with van der Waals surface area (Å²) in [6, 6.07) is 9.78. The first-order valence-electron chi connectivity index (χ1n) is 8.70. The van der Waals surface area contributed by atoms with Crippen LogP contribution in [0.1, 0.15) is 17.7 Å². The van der Waals surface area contributed by atoms with Gasteiger partial charge in [0.15, 0.2) is 0 Å². The molecule has 1 aliphatic rings. The first-order chi connectivity index (χ1) is 13.0. The molecule has 0 aliphatic carbocycles. The molecular formula is C19H18F2N6. The van der Waals surface area contributed by atoms with Crippen molar-refractivity contribution in [2.75, 3.05) is 18.0 Å². The van der Waals surface area contributed by atoms with Crippen LogP contribution in [-0.4, -0.2) is 39.8 Å². The number of anilines is 1. The molecule has 0 saturated carbocycles. The predicted molar refractivity (Wildman–Crippen MR) is 97.4 cm³/mol. The van der Waals surface area contributed by atoms with E-state index in [4.69, 9.17) is 11.0 Å². The molecule has 0 unspecified atom stereocenters. The number of alkyl halides is 1. The third-order valence-electron chi connectivity index (χ3n) is 4.82. The van der Waals surface area contributed by atoms with E-state index in [1.54, 1.807) is 18.2 Å². The summed E-state index contributed by atoms with van der Waals surface area (Å²) in [5.74, 6) is 0.248. The van der Waals surface area contributed by atoms with Gasteiger partial charge in [0.2, 0.25) is 5.95 Å². The number of benzene rings is 1. The average Bonchev–Trinajstić information content (AvgIpc) is 3.03. The average molecular weight is 368 g/mol. The maximum absolute atomic E-state index is 13.8. The Hall–Kier alpha value is -3.05. The molecule has 138 valence electrons. The molecule has 1 aromatic carbocycles. The number of rotatable bonds is 3. The Labute approximate surface area is 154 Å². The van der Waals surface area contributed by atoms with Gasteiger partial charge in [-0.25, -0.2) is 13.8 Å². The largest absolute Gasteiger partial charge is 0.340 e. The zero-order valence-electron chi connectivity index (χ0n) is 14.5. The van der Waals surface area contributed by atoms with E-state index in [2.05, 4.69) is 16.0 Å². The van der Waals surface area contributed by atoms with Crippen LogP contribution in [0, 0.1) is 17.1 Å². The lowest BCUT2D eigenvalue weighted by molar-refractivity contribution is 0.243. The van der Waals surface area contributed by atoms with E-state index in [9.17, 15) is 8.78 Å². The highest BCUT2D eigenvalue weighted by Gasteiger charge is 2.29. The molecule has 1 fully saturated rings. The van der Waals surface area contributed by atoms with Crippen LogP contribution in [0.4, 0.5) is 14.7 Å². The van der Waals surface area contributed by atoms with Crippen LogP contribution < -0.4 is 10.6 Å². The van der Waals surface area contributed by atoms with Crippen LogP contribution in [0.3, 0.4) is 0 Å². The number of pyridine rings is 1. The summed E-state index contributed by atoms with van der Waals surface area (Å²) >= 11 is 0. The molecule has 3 heterocycles. The van der Waals surface area contributed by atoms with Gasteiger partial charge in [-0.15, -0.1) is 0 Å². The van der Waals surface area contributed by atoms with Crippen molar-refractivity contribution in [2.24, 2.45) is 5.73 Å². The van der Waals surface area contributed by atoms with Gasteiger partial charge in [0.1, 0.15) is 12.0 Å². The number of imidazole rings is 1. The maximum atomic E-state index is 13.8. The van der Waals surface area contributed by atoms with Gasteiger partial charge in [-0.2, -0.15) is 5.26 Å². The number of nitrogens with zero attached hydrogens (tertiary/aromatic N) is 5. The van der Waals surface area contributed by atoms with E-state index >= 15 is 0 Å². The fraction of sp³-hybridized carbons (Fsp3) is 0.316. The van der Waals surface area contributed by atoms with Crippen molar-refractivity contribution in [3.05, 3.63) is 53.6 Å². The zero-order chi connectivity index (χ0) is 19.0. The topological polar surface area (TPSA) is 83.8 Å². The molecule has 3 aromatic rings. The van der Waals surface area contributed by atoms with Crippen LogP contribution in [0.2, 0.25) is 0 Å². The van der Waals surface area contributed by atoms with Crippen LogP contribution >= 0.6 is 0 Å². The van der Waals surface area contributed by atoms with Gasteiger partial charge in [0.05, 0.1) is 47.1 Å². The molecule has 0 radical (unpaired) electrons. The van der Waals surface area contributed by atoms with Crippen molar-refractivity contribution in [2.45, 2.75) is 25.2 Å². The number of nitrogens with two attached hydrogens (primary N) is 1. The molecular weight excluding hydrogens is 350 g/mol. The van der Waals surface area contributed by atoms with Crippen molar-refractivity contribution < 1.29 is 8.78 Å². The third-order valence-corrected chi connectivity index (χ3v) is 4.82. The molecule has 0 spiro atoms. The van der Waals surface area contributed by atoms with E-state index in [1.807, 2.05) is 15.5 Å². The summed E-state index contributed by atoms with van der Waals surface area (Å²) in [4.78, 5) is 10.8. The monoisotopic (exact) mass is 368 g/mol. The van der Waals surface area contributed by atoms with Crippen LogP contribution in [0.5, 0.6) is 0 Å². The first kappa shape index (κ1) is 17.4. The molecule has 4 rings (SSSR count). The number of hydrogen-bond donors (Lipinski definition) is 1. The molecule has 27 heavy (non-hydrogen) atoms. The second-order valence-electron chi connectivity index (χ2n) is 6.70. The Kier molecular flexibility index (Phi) is 4.46. The summed E-state index contributed by atoms with van der Waals surface area (Å²) < 4.78 is 28.9. The minimum Gasteiger partial charge on any atom is -0.340 e. The second-order valence-corrected chi connectivity index (χ2v) is 6.70. The fourth-order valence-electron chi connectivity index (χ4n) is 3.38. The Morgan fingerprint density at radius 2 is 2.15 bits per heavy atom. The van der Waals surface area contributed by atoms with Gasteiger partial charge < -0.3 is 15.2 Å². The lowest BCUT2D eigenvalue weighted by atomic mass is 10.1. The summed E-state index contributed by atoms with van der Waals surface area (Å²) in [5.41, 5.74) is 8.59. The van der Waals surface area contributed by atoms with Crippen molar-refractivity contribution >= 4 is 17.0 Å². The van der Waals surface area contributed by atoms with E-state index in [1.165, 1.54) is 12.3 Å². The van der Waals surface area contributed by atoms with Crippen molar-refractivity contribution in [1.82, 2.24) is 14.5 Å². The van der Waals surface area contributed by atoms with Crippen molar-refractivity contribution in [1.29, 1.82) is 5.26 Å². The minimum absolute atomic E-state index is 0.336. The Balaban J connectivity index is 1.78. The highest BCUT2D eigenvalue weighted by Crippen LogP contribution is 2.27. The molecule has 2 N–H and O–H groups in total.